The summed E-state index contributed by atoms with van der Waals surface area (Å²) >= 11 is 1.44. The molecule has 2 saturated heterocycles. The Morgan fingerprint density at radius 3 is 2.82 bits per heavy atom. The van der Waals surface area contributed by atoms with E-state index in [1.807, 2.05) is 12.1 Å². The third-order valence-corrected chi connectivity index (χ3v) is 5.04. The molecule has 4 rings (SSSR count). The van der Waals surface area contributed by atoms with Crippen LogP contribution in [0.2, 0.25) is 0 Å². The summed E-state index contributed by atoms with van der Waals surface area (Å²) < 4.78 is 5.64. The third-order valence-electron chi connectivity index (χ3n) is 4.39. The Labute approximate surface area is 132 Å². The van der Waals surface area contributed by atoms with Crippen LogP contribution in [0.3, 0.4) is 0 Å². The lowest BCUT2D eigenvalue weighted by molar-refractivity contribution is 0.0924. The summed E-state index contributed by atoms with van der Waals surface area (Å²) in [5.41, 5.74) is 2.40. The van der Waals surface area contributed by atoms with E-state index in [1.54, 1.807) is 23.8 Å². The second kappa shape index (κ2) is 5.70. The molecule has 0 aliphatic carbocycles. The van der Waals surface area contributed by atoms with Gasteiger partial charge in [-0.05, 0) is 43.1 Å². The molecule has 2 bridgehead atoms. The number of carbonyl (C=O) groups excluding carboxylic acids is 1. The zero-order valence-electron chi connectivity index (χ0n) is 12.1. The second-order valence-corrected chi connectivity index (χ2v) is 6.68. The SMILES string of the molecule is O=C(NC1CN2CCC1C2)c1ccc(Oc2cncs2)cc1. The smallest absolute Gasteiger partial charge is 0.251 e. The highest BCUT2D eigenvalue weighted by Crippen LogP contribution is 2.28. The van der Waals surface area contributed by atoms with Gasteiger partial charge in [0.05, 0.1) is 11.7 Å². The van der Waals surface area contributed by atoms with Crippen LogP contribution in [0, 0.1) is 5.92 Å². The summed E-state index contributed by atoms with van der Waals surface area (Å²) in [7, 11) is 0. The van der Waals surface area contributed by atoms with Gasteiger partial charge in [-0.15, -0.1) is 0 Å². The molecule has 6 heteroatoms. The van der Waals surface area contributed by atoms with E-state index >= 15 is 0 Å². The van der Waals surface area contributed by atoms with Crippen molar-refractivity contribution >= 4 is 17.2 Å². The number of aromatic nitrogens is 1. The minimum atomic E-state index is 0.00286. The van der Waals surface area contributed by atoms with Crippen molar-refractivity contribution in [3.63, 3.8) is 0 Å². The van der Waals surface area contributed by atoms with Crippen molar-refractivity contribution in [2.45, 2.75) is 12.5 Å². The summed E-state index contributed by atoms with van der Waals surface area (Å²) in [5.74, 6) is 1.34. The van der Waals surface area contributed by atoms with E-state index in [0.29, 0.717) is 23.3 Å². The Morgan fingerprint density at radius 2 is 2.18 bits per heavy atom. The Bertz CT molecular complexity index is 657. The molecule has 3 atom stereocenters. The van der Waals surface area contributed by atoms with Gasteiger partial charge in [0.2, 0.25) is 5.06 Å². The second-order valence-electron chi connectivity index (χ2n) is 5.84. The molecule has 3 unspecified atom stereocenters. The normalized spacial score (nSPS) is 26.1. The molecule has 2 aromatic rings. The zero-order chi connectivity index (χ0) is 14.9. The average molecular weight is 315 g/mol. The molecule has 1 amide bonds. The minimum absolute atomic E-state index is 0.00286. The molecule has 3 heterocycles. The van der Waals surface area contributed by atoms with Crippen LogP contribution >= 0.6 is 11.3 Å². The molecule has 2 fully saturated rings. The lowest BCUT2D eigenvalue weighted by Crippen LogP contribution is -2.43. The summed E-state index contributed by atoms with van der Waals surface area (Å²) in [6.45, 7) is 3.30. The first-order chi connectivity index (χ1) is 10.8. The maximum Gasteiger partial charge on any atom is 0.251 e. The minimum Gasteiger partial charge on any atom is -0.445 e. The van der Waals surface area contributed by atoms with Crippen LogP contribution in [-0.2, 0) is 0 Å². The maximum absolute atomic E-state index is 12.3. The first-order valence-electron chi connectivity index (χ1n) is 7.47. The van der Waals surface area contributed by atoms with Gasteiger partial charge in [0.1, 0.15) is 5.75 Å². The molecule has 22 heavy (non-hydrogen) atoms. The van der Waals surface area contributed by atoms with E-state index in [-0.39, 0.29) is 5.91 Å². The van der Waals surface area contributed by atoms with Gasteiger partial charge in [-0.2, -0.15) is 0 Å². The highest BCUT2D eigenvalue weighted by Gasteiger charge is 2.38. The fourth-order valence-electron chi connectivity index (χ4n) is 3.24. The largest absolute Gasteiger partial charge is 0.445 e. The maximum atomic E-state index is 12.3. The Balaban J connectivity index is 1.38. The van der Waals surface area contributed by atoms with Gasteiger partial charge in [-0.25, -0.2) is 4.98 Å². The first kappa shape index (κ1) is 13.7. The Hall–Kier alpha value is -1.92. The van der Waals surface area contributed by atoms with Crippen molar-refractivity contribution in [3.8, 4) is 10.8 Å². The molecule has 114 valence electrons. The van der Waals surface area contributed by atoms with E-state index in [0.717, 1.165) is 18.2 Å². The summed E-state index contributed by atoms with van der Waals surface area (Å²) in [4.78, 5) is 18.7. The standard InChI is InChI=1S/C16H17N3O2S/c20-16(18-14-9-19-6-5-12(14)8-19)11-1-3-13(4-2-11)21-15-7-17-10-22-15/h1-4,7,10,12,14H,5-6,8-9H2,(H,18,20). The number of hydrogen-bond donors (Lipinski definition) is 1. The van der Waals surface area contributed by atoms with E-state index in [2.05, 4.69) is 15.2 Å². The number of ether oxygens (including phenoxy) is 1. The molecular formula is C16H17N3O2S. The molecule has 0 saturated carbocycles. The molecule has 0 spiro atoms. The predicted molar refractivity (Wildman–Crippen MR) is 84.4 cm³/mol. The van der Waals surface area contributed by atoms with Crippen LogP contribution in [0.5, 0.6) is 10.8 Å². The lowest BCUT2D eigenvalue weighted by atomic mass is 9.99. The number of amides is 1. The number of rotatable bonds is 4. The van der Waals surface area contributed by atoms with Crippen molar-refractivity contribution in [3.05, 3.63) is 41.5 Å². The van der Waals surface area contributed by atoms with Crippen LogP contribution < -0.4 is 10.1 Å². The zero-order valence-corrected chi connectivity index (χ0v) is 12.9. The van der Waals surface area contributed by atoms with Crippen molar-refractivity contribution < 1.29 is 9.53 Å². The average Bonchev–Trinajstić information content (AvgIpc) is 3.25. The van der Waals surface area contributed by atoms with E-state index in [9.17, 15) is 4.79 Å². The quantitative estimate of drug-likeness (QED) is 0.941. The molecule has 1 aromatic heterocycles. The van der Waals surface area contributed by atoms with Crippen LogP contribution in [0.4, 0.5) is 0 Å². The predicted octanol–water partition coefficient (Wildman–Crippen LogP) is 2.37. The number of fused-ring (bicyclic) bond motifs is 2. The fraction of sp³-hybridized carbons (Fsp3) is 0.375. The molecule has 2 aliphatic heterocycles. The number of piperidine rings is 1. The summed E-state index contributed by atoms with van der Waals surface area (Å²) in [6, 6.07) is 7.55. The molecular weight excluding hydrogens is 298 g/mol. The topological polar surface area (TPSA) is 54.5 Å². The van der Waals surface area contributed by atoms with Crippen LogP contribution in [0.15, 0.2) is 36.0 Å². The first-order valence-corrected chi connectivity index (χ1v) is 8.35. The van der Waals surface area contributed by atoms with Gasteiger partial charge < -0.3 is 15.0 Å². The molecule has 0 radical (unpaired) electrons. The van der Waals surface area contributed by atoms with Crippen LogP contribution in [0.1, 0.15) is 16.8 Å². The number of nitrogens with one attached hydrogen (secondary N) is 1. The summed E-state index contributed by atoms with van der Waals surface area (Å²) in [6.07, 6.45) is 2.88. The number of thiazole rings is 1. The fourth-order valence-corrected chi connectivity index (χ4v) is 3.74. The van der Waals surface area contributed by atoms with Crippen LogP contribution in [0.25, 0.3) is 0 Å². The van der Waals surface area contributed by atoms with Crippen molar-refractivity contribution in [1.82, 2.24) is 15.2 Å². The molecule has 1 aromatic carbocycles. The van der Waals surface area contributed by atoms with E-state index < -0.39 is 0 Å². The summed E-state index contributed by atoms with van der Waals surface area (Å²) in [5, 5.41) is 3.91. The number of benzene rings is 1. The van der Waals surface area contributed by atoms with Gasteiger partial charge in [-0.1, -0.05) is 11.3 Å². The Morgan fingerprint density at radius 1 is 1.32 bits per heavy atom. The lowest BCUT2D eigenvalue weighted by Gasteiger charge is -2.23. The van der Waals surface area contributed by atoms with E-state index in [4.69, 9.17) is 4.74 Å². The number of carbonyl (C=O) groups is 1. The third kappa shape index (κ3) is 2.71. The van der Waals surface area contributed by atoms with E-state index in [1.165, 1.54) is 24.3 Å². The number of nitrogens with zero attached hydrogens (tertiary/aromatic N) is 2. The molecule has 5 nitrogen and oxygen atoms in total. The van der Waals surface area contributed by atoms with Gasteiger partial charge in [-0.3, -0.25) is 4.79 Å². The van der Waals surface area contributed by atoms with Gasteiger partial charge in [0, 0.05) is 24.7 Å². The van der Waals surface area contributed by atoms with Crippen LogP contribution in [-0.4, -0.2) is 41.5 Å². The molecule has 2 aliphatic rings. The van der Waals surface area contributed by atoms with Crippen molar-refractivity contribution in [2.75, 3.05) is 19.6 Å². The Kier molecular flexibility index (Phi) is 3.56. The van der Waals surface area contributed by atoms with Gasteiger partial charge in [0.15, 0.2) is 0 Å². The van der Waals surface area contributed by atoms with Gasteiger partial charge in [0.25, 0.3) is 5.91 Å². The highest BCUT2D eigenvalue weighted by molar-refractivity contribution is 7.11. The number of hydrogen-bond acceptors (Lipinski definition) is 5. The molecule has 1 N–H and O–H groups in total. The van der Waals surface area contributed by atoms with Gasteiger partial charge >= 0.3 is 0 Å². The monoisotopic (exact) mass is 315 g/mol. The van der Waals surface area contributed by atoms with Crippen molar-refractivity contribution in [2.24, 2.45) is 5.92 Å². The highest BCUT2D eigenvalue weighted by atomic mass is 32.1. The van der Waals surface area contributed by atoms with Crippen molar-refractivity contribution in [1.29, 1.82) is 0 Å².